The van der Waals surface area contributed by atoms with Gasteiger partial charge in [-0.1, -0.05) is 0 Å². The molecule has 0 spiro atoms. The van der Waals surface area contributed by atoms with E-state index in [-0.39, 0.29) is 12.0 Å². The maximum absolute atomic E-state index is 11.1. The molecule has 3 heterocycles. The standard InChI is InChI=1S/C11H13N5O2/c17-11(18)6-1-2-12-7(5-6)8-9-10(16-15-8)14-4-3-13-9/h3-4,6-7,12H,1-2,5H2,(H,17,18)(H,14,15,16). The number of rotatable bonds is 2. The Balaban J connectivity index is 1.92. The molecule has 2 aromatic heterocycles. The van der Waals surface area contributed by atoms with Gasteiger partial charge in [0.1, 0.15) is 5.52 Å². The monoisotopic (exact) mass is 247 g/mol. The Labute approximate surface area is 103 Å². The highest BCUT2D eigenvalue weighted by molar-refractivity contribution is 5.73. The van der Waals surface area contributed by atoms with Crippen LogP contribution in [0.15, 0.2) is 12.4 Å². The number of aromatic nitrogens is 4. The van der Waals surface area contributed by atoms with Crippen molar-refractivity contribution in [1.29, 1.82) is 0 Å². The van der Waals surface area contributed by atoms with Crippen molar-refractivity contribution < 1.29 is 9.90 Å². The molecule has 1 fully saturated rings. The van der Waals surface area contributed by atoms with Gasteiger partial charge in [-0.25, -0.2) is 9.97 Å². The van der Waals surface area contributed by atoms with Crippen LogP contribution in [0, 0.1) is 5.92 Å². The predicted molar refractivity (Wildman–Crippen MR) is 62.8 cm³/mol. The van der Waals surface area contributed by atoms with E-state index < -0.39 is 5.97 Å². The number of fused-ring (bicyclic) bond motifs is 1. The molecule has 94 valence electrons. The topological polar surface area (TPSA) is 104 Å². The molecule has 0 aliphatic carbocycles. The minimum Gasteiger partial charge on any atom is -0.481 e. The van der Waals surface area contributed by atoms with Gasteiger partial charge >= 0.3 is 5.97 Å². The number of carboxylic acids is 1. The fourth-order valence-electron chi connectivity index (χ4n) is 2.37. The van der Waals surface area contributed by atoms with Crippen molar-refractivity contribution in [2.45, 2.75) is 18.9 Å². The minimum absolute atomic E-state index is 0.0541. The second-order valence-corrected chi connectivity index (χ2v) is 4.43. The van der Waals surface area contributed by atoms with Gasteiger partial charge in [-0.3, -0.25) is 9.89 Å². The lowest BCUT2D eigenvalue weighted by atomic mass is 9.91. The van der Waals surface area contributed by atoms with Crippen molar-refractivity contribution in [2.24, 2.45) is 5.92 Å². The first kappa shape index (κ1) is 11.1. The highest BCUT2D eigenvalue weighted by Gasteiger charge is 2.29. The number of carboxylic acid groups (broad SMARTS) is 1. The molecule has 0 bridgehead atoms. The van der Waals surface area contributed by atoms with Gasteiger partial charge in [-0.2, -0.15) is 5.10 Å². The zero-order valence-electron chi connectivity index (χ0n) is 9.63. The van der Waals surface area contributed by atoms with Crippen LogP contribution < -0.4 is 5.32 Å². The van der Waals surface area contributed by atoms with Crippen LogP contribution in [0.1, 0.15) is 24.6 Å². The van der Waals surface area contributed by atoms with Crippen molar-refractivity contribution in [3.8, 4) is 0 Å². The van der Waals surface area contributed by atoms with E-state index in [0.717, 1.165) is 5.69 Å². The number of aromatic amines is 1. The highest BCUT2D eigenvalue weighted by Crippen LogP contribution is 2.29. The first-order valence-corrected chi connectivity index (χ1v) is 5.87. The van der Waals surface area contributed by atoms with Crippen LogP contribution >= 0.6 is 0 Å². The molecule has 2 unspecified atom stereocenters. The van der Waals surface area contributed by atoms with Crippen LogP contribution in [0.2, 0.25) is 0 Å². The average molecular weight is 247 g/mol. The molecule has 0 radical (unpaired) electrons. The van der Waals surface area contributed by atoms with Crippen LogP contribution in [0.4, 0.5) is 0 Å². The van der Waals surface area contributed by atoms with E-state index in [1.807, 2.05) is 0 Å². The molecule has 18 heavy (non-hydrogen) atoms. The molecule has 3 rings (SSSR count). The van der Waals surface area contributed by atoms with Gasteiger partial charge in [0.2, 0.25) is 0 Å². The summed E-state index contributed by atoms with van der Waals surface area (Å²) in [5.41, 5.74) is 2.09. The molecule has 3 N–H and O–H groups in total. The first-order valence-electron chi connectivity index (χ1n) is 5.87. The summed E-state index contributed by atoms with van der Waals surface area (Å²) in [5, 5.41) is 19.4. The third-order valence-electron chi connectivity index (χ3n) is 3.32. The predicted octanol–water partition coefficient (Wildman–Crippen LogP) is 0.478. The summed E-state index contributed by atoms with van der Waals surface area (Å²) < 4.78 is 0. The van der Waals surface area contributed by atoms with Gasteiger partial charge in [0, 0.05) is 12.4 Å². The fraction of sp³-hybridized carbons (Fsp3) is 0.455. The third kappa shape index (κ3) is 1.82. The lowest BCUT2D eigenvalue weighted by molar-refractivity contribution is -0.143. The molecule has 2 aromatic rings. The molecular formula is C11H13N5O2. The van der Waals surface area contributed by atoms with Gasteiger partial charge in [0.05, 0.1) is 17.7 Å². The van der Waals surface area contributed by atoms with E-state index in [1.165, 1.54) is 0 Å². The molecule has 0 aromatic carbocycles. The van der Waals surface area contributed by atoms with E-state index in [2.05, 4.69) is 25.5 Å². The lowest BCUT2D eigenvalue weighted by Gasteiger charge is -2.27. The molecular weight excluding hydrogens is 234 g/mol. The van der Waals surface area contributed by atoms with Crippen LogP contribution in [-0.4, -0.2) is 37.8 Å². The first-order chi connectivity index (χ1) is 8.75. The van der Waals surface area contributed by atoms with Crippen molar-refractivity contribution >= 4 is 17.1 Å². The molecule has 7 nitrogen and oxygen atoms in total. The molecule has 7 heteroatoms. The van der Waals surface area contributed by atoms with Gasteiger partial charge in [0.25, 0.3) is 0 Å². The third-order valence-corrected chi connectivity index (χ3v) is 3.32. The lowest BCUT2D eigenvalue weighted by Crippen LogP contribution is -2.35. The number of carbonyl (C=O) groups is 1. The molecule has 1 saturated heterocycles. The average Bonchev–Trinajstić information content (AvgIpc) is 2.82. The van der Waals surface area contributed by atoms with Gasteiger partial charge in [-0.15, -0.1) is 0 Å². The Morgan fingerprint density at radius 2 is 2.22 bits per heavy atom. The molecule has 1 aliphatic heterocycles. The summed E-state index contributed by atoms with van der Waals surface area (Å²) in [6, 6.07) is -0.0541. The van der Waals surface area contributed by atoms with Crippen molar-refractivity contribution in [2.75, 3.05) is 6.54 Å². The highest BCUT2D eigenvalue weighted by atomic mass is 16.4. The van der Waals surface area contributed by atoms with Crippen LogP contribution in [0.5, 0.6) is 0 Å². The van der Waals surface area contributed by atoms with Crippen molar-refractivity contribution in [3.63, 3.8) is 0 Å². The van der Waals surface area contributed by atoms with Crippen LogP contribution in [0.3, 0.4) is 0 Å². The summed E-state index contributed by atoms with van der Waals surface area (Å²) in [4.78, 5) is 19.4. The largest absolute Gasteiger partial charge is 0.481 e. The Bertz CT molecular complexity index is 582. The fourth-order valence-corrected chi connectivity index (χ4v) is 2.37. The number of piperidine rings is 1. The van der Waals surface area contributed by atoms with E-state index in [1.54, 1.807) is 12.4 Å². The smallest absolute Gasteiger partial charge is 0.306 e. The molecule has 1 aliphatic rings. The Kier molecular flexibility index (Phi) is 2.67. The summed E-state index contributed by atoms with van der Waals surface area (Å²) >= 11 is 0. The summed E-state index contributed by atoms with van der Waals surface area (Å²) in [6.45, 7) is 0.683. The number of H-pyrrole nitrogens is 1. The van der Waals surface area contributed by atoms with Gasteiger partial charge in [-0.05, 0) is 19.4 Å². The number of hydrogen-bond donors (Lipinski definition) is 3. The van der Waals surface area contributed by atoms with E-state index in [4.69, 9.17) is 5.11 Å². The van der Waals surface area contributed by atoms with E-state index >= 15 is 0 Å². The zero-order chi connectivity index (χ0) is 12.5. The van der Waals surface area contributed by atoms with Crippen LogP contribution in [0.25, 0.3) is 11.2 Å². The second kappa shape index (κ2) is 4.34. The Morgan fingerprint density at radius 1 is 1.39 bits per heavy atom. The summed E-state index contributed by atoms with van der Waals surface area (Å²) in [6.07, 6.45) is 4.40. The normalized spacial score (nSPS) is 24.2. The Hall–Kier alpha value is -2.02. The maximum Gasteiger partial charge on any atom is 0.306 e. The molecule has 0 amide bonds. The number of hydrogen-bond acceptors (Lipinski definition) is 5. The number of aliphatic carboxylic acids is 1. The van der Waals surface area contributed by atoms with Crippen LogP contribution in [-0.2, 0) is 4.79 Å². The number of nitrogens with one attached hydrogen (secondary N) is 2. The zero-order valence-corrected chi connectivity index (χ0v) is 9.63. The SMILES string of the molecule is O=C(O)C1CCNC(c2[nH]nc3nccnc23)C1. The number of nitrogens with zero attached hydrogens (tertiary/aromatic N) is 3. The second-order valence-electron chi connectivity index (χ2n) is 4.43. The molecule has 0 saturated carbocycles. The minimum atomic E-state index is -0.739. The van der Waals surface area contributed by atoms with E-state index in [9.17, 15) is 4.79 Å². The quantitative estimate of drug-likeness (QED) is 0.713. The van der Waals surface area contributed by atoms with Gasteiger partial charge in [0.15, 0.2) is 5.65 Å². The van der Waals surface area contributed by atoms with E-state index in [0.29, 0.717) is 30.6 Å². The van der Waals surface area contributed by atoms with Crippen molar-refractivity contribution in [1.82, 2.24) is 25.5 Å². The Morgan fingerprint density at radius 3 is 3.06 bits per heavy atom. The summed E-state index contributed by atoms with van der Waals surface area (Å²) in [5.74, 6) is -1.05. The molecule has 2 atom stereocenters. The maximum atomic E-state index is 11.1. The van der Waals surface area contributed by atoms with Gasteiger partial charge < -0.3 is 10.4 Å². The van der Waals surface area contributed by atoms with Crippen molar-refractivity contribution in [3.05, 3.63) is 18.1 Å². The summed E-state index contributed by atoms with van der Waals surface area (Å²) in [7, 11) is 0.